The van der Waals surface area contributed by atoms with Gasteiger partial charge in [-0.2, -0.15) is 0 Å². The van der Waals surface area contributed by atoms with Gasteiger partial charge in [-0.3, -0.25) is 0 Å². The van der Waals surface area contributed by atoms with Crippen LogP contribution in [-0.4, -0.2) is 19.1 Å². The van der Waals surface area contributed by atoms with Gasteiger partial charge in [0.25, 0.3) is 0 Å². The Morgan fingerprint density at radius 1 is 1.05 bits per heavy atom. The number of rotatable bonds is 2. The molecule has 104 valence electrons. The summed E-state index contributed by atoms with van der Waals surface area (Å²) in [6.45, 7) is 4.32. The SMILES string of the molecule is CC1CNC(c2ccccc2)CN1c1ccc(I)cc1. The third-order valence-electron chi connectivity index (χ3n) is 3.93. The molecule has 3 rings (SSSR count). The van der Waals surface area contributed by atoms with Gasteiger partial charge >= 0.3 is 0 Å². The summed E-state index contributed by atoms with van der Waals surface area (Å²) in [6, 6.07) is 20.5. The maximum Gasteiger partial charge on any atom is 0.0499 e. The first-order valence-electron chi connectivity index (χ1n) is 7.04. The zero-order valence-corrected chi connectivity index (χ0v) is 13.7. The summed E-state index contributed by atoms with van der Waals surface area (Å²) in [5.74, 6) is 0. The fourth-order valence-electron chi connectivity index (χ4n) is 2.77. The Labute approximate surface area is 134 Å². The predicted octanol–water partition coefficient (Wildman–Crippen LogP) is 3.83. The number of piperazine rings is 1. The zero-order valence-electron chi connectivity index (χ0n) is 11.6. The minimum atomic E-state index is 0.409. The summed E-state index contributed by atoms with van der Waals surface area (Å²) in [5, 5.41) is 3.65. The van der Waals surface area contributed by atoms with Crippen LogP contribution in [0.25, 0.3) is 0 Å². The lowest BCUT2D eigenvalue weighted by molar-refractivity contribution is 0.414. The highest BCUT2D eigenvalue weighted by atomic mass is 127. The van der Waals surface area contributed by atoms with Gasteiger partial charge in [0.2, 0.25) is 0 Å². The number of hydrogen-bond acceptors (Lipinski definition) is 2. The number of benzene rings is 2. The Bertz CT molecular complexity index is 553. The van der Waals surface area contributed by atoms with Crippen LogP contribution in [0.1, 0.15) is 18.5 Å². The molecular weight excluding hydrogens is 359 g/mol. The summed E-state index contributed by atoms with van der Waals surface area (Å²) < 4.78 is 1.29. The molecule has 0 amide bonds. The van der Waals surface area contributed by atoms with Crippen LogP contribution < -0.4 is 10.2 Å². The molecule has 1 aliphatic rings. The van der Waals surface area contributed by atoms with Gasteiger partial charge in [-0.15, -0.1) is 0 Å². The quantitative estimate of drug-likeness (QED) is 0.800. The maximum atomic E-state index is 3.65. The molecule has 1 N–H and O–H groups in total. The molecular formula is C17H19IN2. The Balaban J connectivity index is 1.82. The summed E-state index contributed by atoms with van der Waals surface area (Å²) in [6.07, 6.45) is 0. The highest BCUT2D eigenvalue weighted by Gasteiger charge is 2.25. The van der Waals surface area contributed by atoms with Gasteiger partial charge in [-0.1, -0.05) is 30.3 Å². The Morgan fingerprint density at radius 2 is 1.75 bits per heavy atom. The predicted molar refractivity (Wildman–Crippen MR) is 93.2 cm³/mol. The number of nitrogens with zero attached hydrogens (tertiary/aromatic N) is 1. The molecule has 1 fully saturated rings. The van der Waals surface area contributed by atoms with Gasteiger partial charge in [-0.05, 0) is 59.3 Å². The molecule has 0 aliphatic carbocycles. The van der Waals surface area contributed by atoms with Crippen LogP contribution in [0.5, 0.6) is 0 Å². The molecule has 0 radical (unpaired) electrons. The smallest absolute Gasteiger partial charge is 0.0499 e. The topological polar surface area (TPSA) is 15.3 Å². The zero-order chi connectivity index (χ0) is 13.9. The average Bonchev–Trinajstić information content (AvgIpc) is 2.50. The third kappa shape index (κ3) is 2.99. The van der Waals surface area contributed by atoms with Crippen LogP contribution in [0, 0.1) is 3.57 Å². The minimum Gasteiger partial charge on any atom is -0.366 e. The van der Waals surface area contributed by atoms with Crippen LogP contribution in [0.3, 0.4) is 0 Å². The van der Waals surface area contributed by atoms with Crippen LogP contribution in [0.2, 0.25) is 0 Å². The first kappa shape index (κ1) is 13.9. The van der Waals surface area contributed by atoms with Gasteiger partial charge < -0.3 is 10.2 Å². The van der Waals surface area contributed by atoms with Crippen molar-refractivity contribution in [1.29, 1.82) is 0 Å². The van der Waals surface area contributed by atoms with Gasteiger partial charge in [0.1, 0.15) is 0 Å². The molecule has 2 unspecified atom stereocenters. The molecule has 0 bridgehead atoms. The van der Waals surface area contributed by atoms with Crippen molar-refractivity contribution in [3.63, 3.8) is 0 Å². The Hall–Kier alpha value is -1.07. The molecule has 2 aromatic carbocycles. The van der Waals surface area contributed by atoms with Gasteiger partial charge in [-0.25, -0.2) is 0 Å². The fraction of sp³-hybridized carbons (Fsp3) is 0.294. The van der Waals surface area contributed by atoms with E-state index in [0.717, 1.165) is 13.1 Å². The minimum absolute atomic E-state index is 0.409. The van der Waals surface area contributed by atoms with E-state index in [1.165, 1.54) is 14.8 Å². The van der Waals surface area contributed by atoms with E-state index in [9.17, 15) is 0 Å². The summed E-state index contributed by atoms with van der Waals surface area (Å²) in [5.41, 5.74) is 2.69. The normalized spacial score (nSPS) is 22.8. The van der Waals surface area contributed by atoms with Crippen LogP contribution >= 0.6 is 22.6 Å². The third-order valence-corrected chi connectivity index (χ3v) is 4.65. The second kappa shape index (κ2) is 6.14. The summed E-state index contributed by atoms with van der Waals surface area (Å²) in [4.78, 5) is 2.50. The van der Waals surface area contributed by atoms with Crippen molar-refractivity contribution in [2.24, 2.45) is 0 Å². The second-order valence-corrected chi connectivity index (χ2v) is 6.59. The molecule has 20 heavy (non-hydrogen) atoms. The molecule has 1 saturated heterocycles. The van der Waals surface area contributed by atoms with Crippen molar-refractivity contribution in [3.8, 4) is 0 Å². The van der Waals surface area contributed by atoms with E-state index in [4.69, 9.17) is 0 Å². The van der Waals surface area contributed by atoms with Gasteiger partial charge in [0.15, 0.2) is 0 Å². The van der Waals surface area contributed by atoms with Gasteiger partial charge in [0, 0.05) is 34.4 Å². The molecule has 2 nitrogen and oxygen atoms in total. The molecule has 1 heterocycles. The average molecular weight is 378 g/mol. The first-order chi connectivity index (χ1) is 9.74. The number of halogens is 1. The van der Waals surface area contributed by atoms with Crippen LogP contribution in [-0.2, 0) is 0 Å². The van der Waals surface area contributed by atoms with E-state index in [-0.39, 0.29) is 0 Å². The van der Waals surface area contributed by atoms with Crippen molar-refractivity contribution in [3.05, 3.63) is 63.7 Å². The fourth-order valence-corrected chi connectivity index (χ4v) is 3.12. The molecule has 0 saturated carbocycles. The van der Waals surface area contributed by atoms with Crippen LogP contribution in [0.15, 0.2) is 54.6 Å². The van der Waals surface area contributed by atoms with E-state index in [1.54, 1.807) is 0 Å². The van der Waals surface area contributed by atoms with E-state index in [2.05, 4.69) is 94.3 Å². The van der Waals surface area contributed by atoms with Crippen molar-refractivity contribution in [1.82, 2.24) is 5.32 Å². The molecule has 1 aliphatic heterocycles. The first-order valence-corrected chi connectivity index (χ1v) is 8.12. The van der Waals surface area contributed by atoms with E-state index < -0.39 is 0 Å². The molecule has 0 aromatic heterocycles. The number of anilines is 1. The monoisotopic (exact) mass is 378 g/mol. The lowest BCUT2D eigenvalue weighted by Crippen LogP contribution is -2.51. The van der Waals surface area contributed by atoms with E-state index in [0.29, 0.717) is 12.1 Å². The number of hydrogen-bond donors (Lipinski definition) is 1. The van der Waals surface area contributed by atoms with Crippen molar-refractivity contribution < 1.29 is 0 Å². The summed E-state index contributed by atoms with van der Waals surface area (Å²) in [7, 11) is 0. The van der Waals surface area contributed by atoms with E-state index in [1.807, 2.05) is 0 Å². The van der Waals surface area contributed by atoms with Crippen LogP contribution in [0.4, 0.5) is 5.69 Å². The van der Waals surface area contributed by atoms with Crippen molar-refractivity contribution in [2.45, 2.75) is 19.0 Å². The molecule has 0 spiro atoms. The van der Waals surface area contributed by atoms with Gasteiger partial charge in [0.05, 0.1) is 0 Å². The highest BCUT2D eigenvalue weighted by Crippen LogP contribution is 2.25. The molecule has 2 aromatic rings. The lowest BCUT2D eigenvalue weighted by atomic mass is 10.0. The summed E-state index contributed by atoms with van der Waals surface area (Å²) >= 11 is 2.36. The lowest BCUT2D eigenvalue weighted by Gasteiger charge is -2.40. The Morgan fingerprint density at radius 3 is 2.45 bits per heavy atom. The van der Waals surface area contributed by atoms with E-state index >= 15 is 0 Å². The molecule has 2 atom stereocenters. The number of nitrogens with one attached hydrogen (secondary N) is 1. The highest BCUT2D eigenvalue weighted by molar-refractivity contribution is 14.1. The second-order valence-electron chi connectivity index (χ2n) is 5.35. The standard InChI is InChI=1S/C17H19IN2/c1-13-11-19-17(14-5-3-2-4-6-14)12-20(13)16-9-7-15(18)8-10-16/h2-10,13,17,19H,11-12H2,1H3. The van der Waals surface area contributed by atoms with Crippen molar-refractivity contribution >= 4 is 28.3 Å². The Kier molecular flexibility index (Phi) is 4.27. The molecule has 3 heteroatoms. The van der Waals surface area contributed by atoms with Crippen molar-refractivity contribution in [2.75, 3.05) is 18.0 Å². The maximum absolute atomic E-state index is 3.65. The largest absolute Gasteiger partial charge is 0.366 e.